The van der Waals surface area contributed by atoms with Crippen LogP contribution in [-0.4, -0.2) is 23.5 Å². The first-order valence-corrected chi connectivity index (χ1v) is 18.8. The van der Waals surface area contributed by atoms with Crippen molar-refractivity contribution < 1.29 is 32.3 Å². The number of nitriles is 1. The summed E-state index contributed by atoms with van der Waals surface area (Å²) >= 11 is 11.7. The molecule has 288 valence electrons. The van der Waals surface area contributed by atoms with E-state index < -0.39 is 17.6 Å². The largest absolute Gasteiger partial charge is 0.478 e. The number of para-hydroxylation sites is 2. The van der Waals surface area contributed by atoms with E-state index in [4.69, 9.17) is 37.3 Å². The number of fused-ring (bicyclic) bond motifs is 2. The van der Waals surface area contributed by atoms with E-state index in [1.54, 1.807) is 54.6 Å². The van der Waals surface area contributed by atoms with Crippen molar-refractivity contribution in [2.24, 2.45) is 0 Å². The van der Waals surface area contributed by atoms with E-state index in [9.17, 15) is 23.5 Å². The lowest BCUT2D eigenvalue weighted by atomic mass is 10.0. The van der Waals surface area contributed by atoms with Crippen molar-refractivity contribution in [3.63, 3.8) is 0 Å². The fourth-order valence-electron chi connectivity index (χ4n) is 6.55. The zero-order chi connectivity index (χ0) is 40.8. The van der Waals surface area contributed by atoms with Crippen molar-refractivity contribution in [1.82, 2.24) is 5.32 Å². The second kappa shape index (κ2) is 17.6. The molecule has 0 aliphatic rings. The molecular weight excluding hydrogens is 781 g/mol. The van der Waals surface area contributed by atoms with Gasteiger partial charge in [0.25, 0.3) is 5.91 Å². The summed E-state index contributed by atoms with van der Waals surface area (Å²) < 4.78 is 38.9. The standard InChI is InChI=1S/C25H18ClFN2O2.C22H14ClFO3/c26-22-13-16(8-9-23(22)27)12-20-15-18-5-2-7-21(24(18)31-20)17-4-1-6-19(14-17)25(30)29-11-3-10-28;23-19-10-13(7-8-20(19)24)9-17-12-15-4-2-6-18(21(15)27-17)14-3-1-5-16(11-14)22(25)26/h1-2,4-9,13-15H,3,11-12H2,(H,29,30);1-8,10-12H,9H2,(H,25,26). The summed E-state index contributed by atoms with van der Waals surface area (Å²) in [5.41, 5.74) is 7.13. The Bertz CT molecular complexity index is 2860. The zero-order valence-corrected chi connectivity index (χ0v) is 32.1. The zero-order valence-electron chi connectivity index (χ0n) is 30.6. The van der Waals surface area contributed by atoms with Crippen molar-refractivity contribution in [3.8, 4) is 28.3 Å². The maximum atomic E-state index is 13.4. The fourth-order valence-corrected chi connectivity index (χ4v) is 6.95. The molecule has 0 aliphatic carbocycles. The van der Waals surface area contributed by atoms with Crippen molar-refractivity contribution in [2.45, 2.75) is 19.3 Å². The van der Waals surface area contributed by atoms with Crippen LogP contribution in [0.5, 0.6) is 0 Å². The molecule has 0 radical (unpaired) electrons. The Balaban J connectivity index is 0.000000178. The van der Waals surface area contributed by atoms with Gasteiger partial charge in [-0.05, 0) is 82.9 Å². The van der Waals surface area contributed by atoms with Gasteiger partial charge >= 0.3 is 5.97 Å². The molecule has 11 heteroatoms. The van der Waals surface area contributed by atoms with Crippen LogP contribution >= 0.6 is 23.2 Å². The molecular formula is C47H32Cl2F2N2O5. The summed E-state index contributed by atoms with van der Waals surface area (Å²) in [7, 11) is 0. The summed E-state index contributed by atoms with van der Waals surface area (Å²) in [6.45, 7) is 0.310. The molecule has 2 heterocycles. The number of carboxylic acids is 1. The number of rotatable bonds is 10. The number of nitrogens with zero attached hydrogens (tertiary/aromatic N) is 1. The number of hydrogen-bond donors (Lipinski definition) is 2. The number of carbonyl (C=O) groups is 2. The van der Waals surface area contributed by atoms with Crippen LogP contribution in [0.1, 0.15) is 49.8 Å². The first kappa shape index (κ1) is 39.5. The van der Waals surface area contributed by atoms with Crippen LogP contribution in [0.3, 0.4) is 0 Å². The van der Waals surface area contributed by atoms with Crippen LogP contribution in [-0.2, 0) is 12.8 Å². The van der Waals surface area contributed by atoms with Crippen molar-refractivity contribution in [1.29, 1.82) is 5.26 Å². The van der Waals surface area contributed by atoms with E-state index in [0.717, 1.165) is 55.7 Å². The van der Waals surface area contributed by atoms with Gasteiger partial charge in [0.05, 0.1) is 28.1 Å². The van der Waals surface area contributed by atoms with E-state index in [0.29, 0.717) is 36.1 Å². The second-order valence-corrected chi connectivity index (χ2v) is 14.2. The third-order valence-corrected chi connectivity index (χ3v) is 9.87. The van der Waals surface area contributed by atoms with Gasteiger partial charge in [0, 0.05) is 46.8 Å². The predicted octanol–water partition coefficient (Wildman–Crippen LogP) is 12.3. The highest BCUT2D eigenvalue weighted by Crippen LogP contribution is 2.34. The number of aromatic carboxylic acids is 1. The van der Waals surface area contributed by atoms with Crippen LogP contribution in [0, 0.1) is 23.0 Å². The van der Waals surface area contributed by atoms with Crippen molar-refractivity contribution in [3.05, 3.63) is 189 Å². The molecule has 2 aromatic heterocycles. The molecule has 6 aromatic carbocycles. The Labute approximate surface area is 341 Å². The SMILES string of the molecule is N#CCCNC(=O)c1cccc(-c2cccc3cc(Cc4ccc(F)c(Cl)c4)oc23)c1.O=C(O)c1cccc(-c2cccc3cc(Cc4ccc(F)c(Cl)c4)oc23)c1. The normalized spacial score (nSPS) is 10.9. The molecule has 0 atom stereocenters. The maximum Gasteiger partial charge on any atom is 0.335 e. The average molecular weight is 814 g/mol. The molecule has 0 fully saturated rings. The minimum atomic E-state index is -0.975. The van der Waals surface area contributed by atoms with Gasteiger partial charge in [-0.15, -0.1) is 0 Å². The smallest absolute Gasteiger partial charge is 0.335 e. The lowest BCUT2D eigenvalue weighted by Gasteiger charge is -2.07. The highest BCUT2D eigenvalue weighted by atomic mass is 35.5. The maximum absolute atomic E-state index is 13.4. The molecule has 7 nitrogen and oxygen atoms in total. The highest BCUT2D eigenvalue weighted by molar-refractivity contribution is 6.31. The fraction of sp³-hybridized carbons (Fsp3) is 0.0851. The first-order chi connectivity index (χ1) is 28.1. The average Bonchev–Trinajstić information content (AvgIpc) is 3.84. The number of hydrogen-bond acceptors (Lipinski definition) is 5. The van der Waals surface area contributed by atoms with E-state index in [1.807, 2.05) is 72.8 Å². The topological polar surface area (TPSA) is 116 Å². The monoisotopic (exact) mass is 812 g/mol. The third kappa shape index (κ3) is 9.11. The number of furan rings is 2. The predicted molar refractivity (Wildman–Crippen MR) is 221 cm³/mol. The molecule has 58 heavy (non-hydrogen) atoms. The van der Waals surface area contributed by atoms with Crippen molar-refractivity contribution in [2.75, 3.05) is 6.54 Å². The summed E-state index contributed by atoms with van der Waals surface area (Å²) in [5, 5.41) is 22.6. The lowest BCUT2D eigenvalue weighted by molar-refractivity contribution is 0.0696. The third-order valence-electron chi connectivity index (χ3n) is 9.29. The molecule has 1 amide bonds. The Hall–Kier alpha value is -6.73. The van der Waals surface area contributed by atoms with Gasteiger partial charge in [0.2, 0.25) is 0 Å². The summed E-state index contributed by atoms with van der Waals surface area (Å²) in [6.07, 6.45) is 1.22. The van der Waals surface area contributed by atoms with E-state index in [2.05, 4.69) is 5.32 Å². The molecule has 0 saturated carbocycles. The van der Waals surface area contributed by atoms with Gasteiger partial charge < -0.3 is 19.3 Å². The minimum Gasteiger partial charge on any atom is -0.478 e. The Morgan fingerprint density at radius 2 is 1.12 bits per heavy atom. The Morgan fingerprint density at radius 1 is 0.638 bits per heavy atom. The number of amides is 1. The van der Waals surface area contributed by atoms with Crippen LogP contribution in [0.4, 0.5) is 8.78 Å². The highest BCUT2D eigenvalue weighted by Gasteiger charge is 2.15. The van der Waals surface area contributed by atoms with Gasteiger partial charge in [0.1, 0.15) is 34.3 Å². The van der Waals surface area contributed by atoms with Gasteiger partial charge in [-0.2, -0.15) is 5.26 Å². The van der Waals surface area contributed by atoms with Gasteiger partial charge in [-0.25, -0.2) is 13.6 Å². The Kier molecular flexibility index (Phi) is 12.0. The summed E-state index contributed by atoms with van der Waals surface area (Å²) in [6, 6.07) is 40.7. The molecule has 2 N–H and O–H groups in total. The Morgan fingerprint density at radius 3 is 1.60 bits per heavy atom. The first-order valence-electron chi connectivity index (χ1n) is 18.1. The molecule has 0 spiro atoms. The van der Waals surface area contributed by atoms with Crippen LogP contribution < -0.4 is 5.32 Å². The van der Waals surface area contributed by atoms with Crippen molar-refractivity contribution >= 4 is 57.0 Å². The summed E-state index contributed by atoms with van der Waals surface area (Å²) in [4.78, 5) is 23.6. The van der Waals surface area contributed by atoms with Gasteiger partial charge in [-0.1, -0.05) is 96.0 Å². The molecule has 0 bridgehead atoms. The van der Waals surface area contributed by atoms with E-state index >= 15 is 0 Å². The van der Waals surface area contributed by atoms with Gasteiger partial charge in [0.15, 0.2) is 0 Å². The number of nitrogens with one attached hydrogen (secondary N) is 1. The van der Waals surface area contributed by atoms with Crippen LogP contribution in [0.2, 0.25) is 10.0 Å². The molecule has 8 rings (SSSR count). The molecule has 0 unspecified atom stereocenters. The van der Waals surface area contributed by atoms with E-state index in [-0.39, 0.29) is 27.9 Å². The lowest BCUT2D eigenvalue weighted by Crippen LogP contribution is -2.24. The molecule has 8 aromatic rings. The minimum absolute atomic E-state index is 0.0785. The second-order valence-electron chi connectivity index (χ2n) is 13.4. The number of carbonyl (C=O) groups excluding carboxylic acids is 1. The summed E-state index contributed by atoms with van der Waals surface area (Å²) in [5.74, 6) is -0.653. The van der Waals surface area contributed by atoms with Gasteiger partial charge in [-0.3, -0.25) is 4.79 Å². The molecule has 0 aliphatic heterocycles. The van der Waals surface area contributed by atoms with E-state index in [1.165, 1.54) is 12.1 Å². The quantitative estimate of drug-likeness (QED) is 0.133. The number of halogens is 4. The van der Waals surface area contributed by atoms with Crippen LogP contribution in [0.15, 0.2) is 142 Å². The molecule has 0 saturated heterocycles. The number of carboxylic acid groups (broad SMARTS) is 1. The number of benzene rings is 6. The van der Waals surface area contributed by atoms with Crippen LogP contribution in [0.25, 0.3) is 44.2 Å².